The fourth-order valence-corrected chi connectivity index (χ4v) is 0.978. The molecule has 0 aliphatic heterocycles. The predicted octanol–water partition coefficient (Wildman–Crippen LogP) is 1.03. The lowest BCUT2D eigenvalue weighted by Gasteiger charge is -2.21. The third-order valence-corrected chi connectivity index (χ3v) is 2.57. The number of nitrogens with one attached hydrogen (secondary N) is 1. The summed E-state index contributed by atoms with van der Waals surface area (Å²) in [6, 6.07) is 1.64. The first-order valence-electron chi connectivity index (χ1n) is 5.28. The van der Waals surface area contributed by atoms with Crippen molar-refractivity contribution in [3.8, 4) is 6.07 Å². The number of nitrogens with zero attached hydrogens (tertiary/aromatic N) is 1. The molecule has 2 unspecified atom stereocenters. The molecular formula is C11H21N3O. The zero-order chi connectivity index (χ0) is 12.1. The fraction of sp³-hybridized carbons (Fsp3) is 0.818. The third kappa shape index (κ3) is 4.80. The molecule has 0 heterocycles. The van der Waals surface area contributed by atoms with Crippen LogP contribution in [0.15, 0.2) is 0 Å². The second-order valence-corrected chi connectivity index (χ2v) is 4.62. The average molecular weight is 211 g/mol. The average Bonchev–Trinajstić information content (AvgIpc) is 2.23. The van der Waals surface area contributed by atoms with E-state index < -0.39 is 11.5 Å². The van der Waals surface area contributed by atoms with E-state index in [4.69, 9.17) is 11.0 Å². The molecule has 0 aliphatic carbocycles. The molecular weight excluding hydrogens is 190 g/mol. The second-order valence-electron chi connectivity index (χ2n) is 4.62. The van der Waals surface area contributed by atoms with E-state index in [2.05, 4.69) is 11.4 Å². The van der Waals surface area contributed by atoms with E-state index in [1.165, 1.54) is 0 Å². The molecule has 0 saturated carbocycles. The summed E-state index contributed by atoms with van der Waals surface area (Å²) in [6.45, 7) is 7.84. The molecule has 4 heteroatoms. The number of carbonyl (C=O) groups excluding carboxylic acids is 1. The van der Waals surface area contributed by atoms with E-state index >= 15 is 0 Å². The molecule has 4 nitrogen and oxygen atoms in total. The van der Waals surface area contributed by atoms with E-state index in [0.29, 0.717) is 6.54 Å². The number of nitriles is 1. The predicted molar refractivity (Wildman–Crippen MR) is 59.8 cm³/mol. The summed E-state index contributed by atoms with van der Waals surface area (Å²) in [5, 5.41) is 11.5. The van der Waals surface area contributed by atoms with E-state index in [9.17, 15) is 4.79 Å². The Hall–Kier alpha value is -1.08. The molecule has 2 atom stereocenters. The smallest absolute Gasteiger partial charge is 0.237 e. The Kier molecular flexibility index (Phi) is 5.31. The lowest BCUT2D eigenvalue weighted by atomic mass is 9.95. The third-order valence-electron chi connectivity index (χ3n) is 2.57. The maximum atomic E-state index is 11.6. The van der Waals surface area contributed by atoms with Crippen LogP contribution in [0.25, 0.3) is 0 Å². The van der Waals surface area contributed by atoms with Crippen LogP contribution in [-0.2, 0) is 4.79 Å². The standard InChI is InChI=1S/C11H21N3O/c1-5-8(2)9(13)10(15)14-7-11(3,4)6-12/h8-9H,5,7,13H2,1-4H3,(H,14,15). The molecule has 86 valence electrons. The zero-order valence-corrected chi connectivity index (χ0v) is 10.0. The number of hydrogen-bond acceptors (Lipinski definition) is 3. The second kappa shape index (κ2) is 5.72. The highest BCUT2D eigenvalue weighted by molar-refractivity contribution is 5.81. The van der Waals surface area contributed by atoms with Crippen LogP contribution in [0.3, 0.4) is 0 Å². The summed E-state index contributed by atoms with van der Waals surface area (Å²) in [5.74, 6) is -0.0112. The largest absolute Gasteiger partial charge is 0.353 e. The number of amides is 1. The molecule has 0 fully saturated rings. The number of hydrogen-bond donors (Lipinski definition) is 2. The number of carbonyl (C=O) groups is 1. The van der Waals surface area contributed by atoms with Gasteiger partial charge in [-0.05, 0) is 19.8 Å². The minimum absolute atomic E-state index is 0.162. The van der Waals surface area contributed by atoms with Crippen LogP contribution >= 0.6 is 0 Å². The molecule has 15 heavy (non-hydrogen) atoms. The van der Waals surface area contributed by atoms with Gasteiger partial charge in [-0.2, -0.15) is 5.26 Å². The van der Waals surface area contributed by atoms with Crippen molar-refractivity contribution in [1.82, 2.24) is 5.32 Å². The summed E-state index contributed by atoms with van der Waals surface area (Å²) in [4.78, 5) is 11.6. The minimum Gasteiger partial charge on any atom is -0.353 e. The van der Waals surface area contributed by atoms with E-state index in [-0.39, 0.29) is 11.8 Å². The molecule has 0 radical (unpaired) electrons. The Labute approximate surface area is 91.8 Å². The highest BCUT2D eigenvalue weighted by Gasteiger charge is 2.22. The fourth-order valence-electron chi connectivity index (χ4n) is 0.978. The van der Waals surface area contributed by atoms with Crippen LogP contribution < -0.4 is 11.1 Å². The summed E-state index contributed by atoms with van der Waals surface area (Å²) in [6.07, 6.45) is 0.871. The van der Waals surface area contributed by atoms with Gasteiger partial charge in [-0.15, -0.1) is 0 Å². The van der Waals surface area contributed by atoms with Crippen LogP contribution in [0.1, 0.15) is 34.1 Å². The first-order chi connectivity index (χ1) is 6.84. The lowest BCUT2D eigenvalue weighted by molar-refractivity contribution is -0.123. The van der Waals surface area contributed by atoms with Crippen molar-refractivity contribution in [1.29, 1.82) is 5.26 Å². The Morgan fingerprint density at radius 3 is 2.53 bits per heavy atom. The molecule has 0 aromatic rings. The molecule has 3 N–H and O–H groups in total. The first-order valence-corrected chi connectivity index (χ1v) is 5.28. The van der Waals surface area contributed by atoms with Gasteiger partial charge in [-0.25, -0.2) is 0 Å². The maximum Gasteiger partial charge on any atom is 0.237 e. The summed E-state index contributed by atoms with van der Waals surface area (Å²) in [7, 11) is 0. The van der Waals surface area contributed by atoms with Crippen LogP contribution in [0.2, 0.25) is 0 Å². The van der Waals surface area contributed by atoms with Gasteiger partial charge in [0.15, 0.2) is 0 Å². The number of nitrogens with two attached hydrogens (primary N) is 1. The SMILES string of the molecule is CCC(C)C(N)C(=O)NCC(C)(C)C#N. The highest BCUT2D eigenvalue weighted by atomic mass is 16.2. The highest BCUT2D eigenvalue weighted by Crippen LogP contribution is 2.11. The van der Waals surface area contributed by atoms with Gasteiger partial charge in [0.1, 0.15) is 0 Å². The van der Waals surface area contributed by atoms with Gasteiger partial charge in [-0.3, -0.25) is 4.79 Å². The summed E-state index contributed by atoms with van der Waals surface area (Å²) >= 11 is 0. The van der Waals surface area contributed by atoms with Gasteiger partial charge in [0.2, 0.25) is 5.91 Å². The van der Waals surface area contributed by atoms with Gasteiger partial charge in [-0.1, -0.05) is 20.3 Å². The zero-order valence-electron chi connectivity index (χ0n) is 10.0. The van der Waals surface area contributed by atoms with Crippen LogP contribution in [0.5, 0.6) is 0 Å². The Morgan fingerprint density at radius 2 is 2.13 bits per heavy atom. The van der Waals surface area contributed by atoms with Crippen molar-refractivity contribution in [2.45, 2.75) is 40.2 Å². The van der Waals surface area contributed by atoms with Crippen molar-refractivity contribution in [3.05, 3.63) is 0 Å². The van der Waals surface area contributed by atoms with E-state index in [0.717, 1.165) is 6.42 Å². The van der Waals surface area contributed by atoms with Crippen LogP contribution in [-0.4, -0.2) is 18.5 Å². The molecule has 0 saturated heterocycles. The lowest BCUT2D eigenvalue weighted by Crippen LogP contribution is -2.46. The van der Waals surface area contributed by atoms with E-state index in [1.54, 1.807) is 13.8 Å². The van der Waals surface area contributed by atoms with Gasteiger partial charge >= 0.3 is 0 Å². The quantitative estimate of drug-likeness (QED) is 0.712. The first kappa shape index (κ1) is 13.9. The van der Waals surface area contributed by atoms with Crippen molar-refractivity contribution in [2.24, 2.45) is 17.1 Å². The summed E-state index contributed by atoms with van der Waals surface area (Å²) in [5.41, 5.74) is 5.21. The Balaban J connectivity index is 4.11. The topological polar surface area (TPSA) is 78.9 Å². The van der Waals surface area contributed by atoms with Gasteiger partial charge in [0, 0.05) is 6.54 Å². The van der Waals surface area contributed by atoms with E-state index in [1.807, 2.05) is 13.8 Å². The molecule has 0 spiro atoms. The Morgan fingerprint density at radius 1 is 1.60 bits per heavy atom. The van der Waals surface area contributed by atoms with Crippen molar-refractivity contribution < 1.29 is 4.79 Å². The van der Waals surface area contributed by atoms with Crippen LogP contribution in [0, 0.1) is 22.7 Å². The van der Waals surface area contributed by atoms with Crippen molar-refractivity contribution >= 4 is 5.91 Å². The van der Waals surface area contributed by atoms with Gasteiger partial charge in [0.25, 0.3) is 0 Å². The monoisotopic (exact) mass is 211 g/mol. The van der Waals surface area contributed by atoms with Crippen molar-refractivity contribution in [3.63, 3.8) is 0 Å². The maximum absolute atomic E-state index is 11.6. The number of rotatable bonds is 5. The normalized spacial score (nSPS) is 15.2. The minimum atomic E-state index is -0.537. The Bertz CT molecular complexity index is 255. The van der Waals surface area contributed by atoms with Gasteiger partial charge in [0.05, 0.1) is 17.5 Å². The van der Waals surface area contributed by atoms with Crippen LogP contribution in [0.4, 0.5) is 0 Å². The van der Waals surface area contributed by atoms with Crippen molar-refractivity contribution in [2.75, 3.05) is 6.54 Å². The van der Waals surface area contributed by atoms with Gasteiger partial charge < -0.3 is 11.1 Å². The summed E-state index contributed by atoms with van der Waals surface area (Å²) < 4.78 is 0. The molecule has 0 aromatic carbocycles. The molecule has 0 aliphatic rings. The molecule has 0 rings (SSSR count). The molecule has 0 bridgehead atoms. The molecule has 1 amide bonds. The molecule has 0 aromatic heterocycles.